The number of benzene rings is 2. The first-order valence-corrected chi connectivity index (χ1v) is 8.52. The molecular weight excluding hydrogens is 405 g/mol. The third-order valence-corrected chi connectivity index (χ3v) is 4.41. The van der Waals surface area contributed by atoms with Crippen molar-refractivity contribution in [1.29, 1.82) is 5.26 Å². The number of nitriles is 1. The van der Waals surface area contributed by atoms with Crippen LogP contribution in [0.5, 0.6) is 5.75 Å². The molecule has 3 aromatic rings. The number of amides is 1. The highest BCUT2D eigenvalue weighted by Crippen LogP contribution is 2.33. The molecule has 1 N–H and O–H groups in total. The zero-order valence-corrected chi connectivity index (χ0v) is 15.0. The van der Waals surface area contributed by atoms with Crippen LogP contribution in [0.1, 0.15) is 11.1 Å². The SMILES string of the molecule is N#Cc1cc(OC(F)(F)F)cc(-c2nc(-c3ccc4c(c3)CCN4C(=O)O)no2)c1. The van der Waals surface area contributed by atoms with E-state index in [1.165, 1.54) is 11.0 Å². The molecule has 2 aromatic carbocycles. The summed E-state index contributed by atoms with van der Waals surface area (Å²) in [6, 6.07) is 10.0. The second-order valence-electron chi connectivity index (χ2n) is 6.36. The Labute approximate surface area is 166 Å². The molecule has 30 heavy (non-hydrogen) atoms. The highest BCUT2D eigenvalue weighted by molar-refractivity contribution is 5.89. The Morgan fingerprint density at radius 2 is 2.03 bits per heavy atom. The molecule has 0 saturated carbocycles. The van der Waals surface area contributed by atoms with Gasteiger partial charge in [-0.3, -0.25) is 4.90 Å². The molecule has 0 bridgehead atoms. The minimum atomic E-state index is -4.92. The molecule has 2 heterocycles. The summed E-state index contributed by atoms with van der Waals surface area (Å²) in [4.78, 5) is 16.7. The Morgan fingerprint density at radius 1 is 1.23 bits per heavy atom. The second-order valence-corrected chi connectivity index (χ2v) is 6.36. The zero-order valence-electron chi connectivity index (χ0n) is 15.0. The molecule has 0 atom stereocenters. The molecule has 1 amide bonds. The van der Waals surface area contributed by atoms with Crippen molar-refractivity contribution in [3.8, 4) is 34.7 Å². The average molecular weight is 416 g/mol. The average Bonchev–Trinajstić information content (AvgIpc) is 3.33. The van der Waals surface area contributed by atoms with Gasteiger partial charge in [0.15, 0.2) is 0 Å². The molecule has 0 aliphatic carbocycles. The van der Waals surface area contributed by atoms with Crippen molar-refractivity contribution in [3.63, 3.8) is 0 Å². The molecule has 1 aliphatic rings. The molecule has 0 unspecified atom stereocenters. The van der Waals surface area contributed by atoms with E-state index in [2.05, 4.69) is 14.9 Å². The number of hydrogen-bond donors (Lipinski definition) is 1. The molecule has 0 radical (unpaired) electrons. The van der Waals surface area contributed by atoms with Gasteiger partial charge in [0.25, 0.3) is 5.89 Å². The number of aromatic nitrogens is 2. The van der Waals surface area contributed by atoms with Gasteiger partial charge in [-0.15, -0.1) is 13.2 Å². The summed E-state index contributed by atoms with van der Waals surface area (Å²) in [5.74, 6) is -0.508. The number of fused-ring (bicyclic) bond motifs is 1. The fraction of sp³-hybridized carbons (Fsp3) is 0.158. The number of nitrogens with zero attached hydrogens (tertiary/aromatic N) is 4. The van der Waals surface area contributed by atoms with Crippen molar-refractivity contribution in [3.05, 3.63) is 47.5 Å². The van der Waals surface area contributed by atoms with Crippen LogP contribution < -0.4 is 9.64 Å². The van der Waals surface area contributed by atoms with Crippen molar-refractivity contribution in [2.45, 2.75) is 12.8 Å². The Kier molecular flexibility index (Phi) is 4.54. The summed E-state index contributed by atoms with van der Waals surface area (Å²) in [6.45, 7) is 0.342. The first-order valence-electron chi connectivity index (χ1n) is 8.52. The molecule has 0 saturated heterocycles. The number of halogens is 3. The highest BCUT2D eigenvalue weighted by atomic mass is 19.4. The normalized spacial score (nSPS) is 13.1. The van der Waals surface area contributed by atoms with Gasteiger partial charge in [0.05, 0.1) is 17.3 Å². The van der Waals surface area contributed by atoms with Crippen LogP contribution in [-0.4, -0.2) is 34.2 Å². The van der Waals surface area contributed by atoms with E-state index in [4.69, 9.17) is 9.78 Å². The van der Waals surface area contributed by atoms with Crippen LogP contribution in [0.4, 0.5) is 23.7 Å². The minimum absolute atomic E-state index is 0.0715. The number of carbonyl (C=O) groups is 1. The van der Waals surface area contributed by atoms with Gasteiger partial charge in [-0.25, -0.2) is 4.79 Å². The smallest absolute Gasteiger partial charge is 0.465 e. The molecule has 0 fully saturated rings. The summed E-state index contributed by atoms with van der Waals surface area (Å²) in [5.41, 5.74) is 1.95. The summed E-state index contributed by atoms with van der Waals surface area (Å²) in [5, 5.41) is 22.1. The molecular formula is C19H11F3N4O4. The molecule has 152 valence electrons. The molecule has 1 aromatic heterocycles. The van der Waals surface area contributed by atoms with Crippen LogP contribution in [-0.2, 0) is 6.42 Å². The van der Waals surface area contributed by atoms with Gasteiger partial charge in [0.2, 0.25) is 5.82 Å². The standard InChI is InChI=1S/C19H11F3N4O4/c20-19(21,22)29-14-6-10(9-23)5-13(8-14)17-24-16(25-30-17)12-1-2-15-11(7-12)3-4-26(15)18(27)28/h1-2,5-8H,3-4H2,(H,27,28). The molecule has 4 rings (SSSR count). The topological polar surface area (TPSA) is 112 Å². The first-order chi connectivity index (χ1) is 14.2. The fourth-order valence-corrected chi connectivity index (χ4v) is 3.18. The maximum Gasteiger partial charge on any atom is 0.573 e. The summed E-state index contributed by atoms with van der Waals surface area (Å²) in [7, 11) is 0. The molecule has 0 spiro atoms. The number of alkyl halides is 3. The molecule has 8 nitrogen and oxygen atoms in total. The minimum Gasteiger partial charge on any atom is -0.465 e. The summed E-state index contributed by atoms with van der Waals surface area (Å²) < 4.78 is 46.6. The Hall–Kier alpha value is -4.07. The predicted molar refractivity (Wildman–Crippen MR) is 95.6 cm³/mol. The van der Waals surface area contributed by atoms with Gasteiger partial charge in [0, 0.05) is 17.7 Å². The van der Waals surface area contributed by atoms with Gasteiger partial charge in [-0.1, -0.05) is 5.16 Å². The van der Waals surface area contributed by atoms with E-state index in [0.717, 1.165) is 17.7 Å². The Bertz CT molecular complexity index is 1180. The largest absolute Gasteiger partial charge is 0.573 e. The first kappa shape index (κ1) is 19.3. The van der Waals surface area contributed by atoms with Gasteiger partial charge in [-0.05, 0) is 48.4 Å². The van der Waals surface area contributed by atoms with E-state index in [9.17, 15) is 23.1 Å². The van der Waals surface area contributed by atoms with Crippen LogP contribution >= 0.6 is 0 Å². The van der Waals surface area contributed by atoms with Crippen molar-refractivity contribution in [2.24, 2.45) is 0 Å². The predicted octanol–water partition coefficient (Wildman–Crippen LogP) is 4.21. The van der Waals surface area contributed by atoms with Crippen molar-refractivity contribution >= 4 is 11.8 Å². The fourth-order valence-electron chi connectivity index (χ4n) is 3.18. The van der Waals surface area contributed by atoms with E-state index >= 15 is 0 Å². The molecule has 11 heteroatoms. The molecule has 1 aliphatic heterocycles. The Balaban J connectivity index is 1.66. The number of ether oxygens (including phenoxy) is 1. The number of anilines is 1. The quantitative estimate of drug-likeness (QED) is 0.680. The van der Waals surface area contributed by atoms with Gasteiger partial charge in [0.1, 0.15) is 5.75 Å². The third-order valence-electron chi connectivity index (χ3n) is 4.41. The maximum atomic E-state index is 12.5. The summed E-state index contributed by atoms with van der Waals surface area (Å²) in [6.07, 6.45) is -5.43. The number of rotatable bonds is 3. The van der Waals surface area contributed by atoms with Crippen molar-refractivity contribution < 1.29 is 32.3 Å². The van der Waals surface area contributed by atoms with Gasteiger partial charge in [-0.2, -0.15) is 10.2 Å². The zero-order chi connectivity index (χ0) is 21.5. The second kappa shape index (κ2) is 7.07. The van der Waals surface area contributed by atoms with Gasteiger partial charge >= 0.3 is 12.5 Å². The highest BCUT2D eigenvalue weighted by Gasteiger charge is 2.31. The lowest BCUT2D eigenvalue weighted by atomic mass is 10.1. The van der Waals surface area contributed by atoms with Crippen LogP contribution in [0, 0.1) is 11.3 Å². The van der Waals surface area contributed by atoms with Crippen LogP contribution in [0.2, 0.25) is 0 Å². The van der Waals surface area contributed by atoms with E-state index in [-0.39, 0.29) is 22.8 Å². The van der Waals surface area contributed by atoms with Crippen LogP contribution in [0.15, 0.2) is 40.9 Å². The Morgan fingerprint density at radius 3 is 2.73 bits per heavy atom. The van der Waals surface area contributed by atoms with Crippen LogP contribution in [0.3, 0.4) is 0 Å². The monoisotopic (exact) mass is 416 g/mol. The maximum absolute atomic E-state index is 12.5. The van der Waals surface area contributed by atoms with Gasteiger partial charge < -0.3 is 14.4 Å². The van der Waals surface area contributed by atoms with Crippen molar-refractivity contribution in [2.75, 3.05) is 11.4 Å². The van der Waals surface area contributed by atoms with E-state index in [1.807, 2.05) is 0 Å². The van der Waals surface area contributed by atoms with Crippen molar-refractivity contribution in [1.82, 2.24) is 10.1 Å². The lowest BCUT2D eigenvalue weighted by Crippen LogP contribution is -2.26. The number of hydrogen-bond acceptors (Lipinski definition) is 6. The number of carboxylic acid groups (broad SMARTS) is 1. The third kappa shape index (κ3) is 3.75. The lowest BCUT2D eigenvalue weighted by Gasteiger charge is -2.12. The van der Waals surface area contributed by atoms with E-state index in [0.29, 0.717) is 24.2 Å². The van der Waals surface area contributed by atoms with E-state index in [1.54, 1.807) is 24.3 Å². The van der Waals surface area contributed by atoms with E-state index < -0.39 is 18.2 Å². The lowest BCUT2D eigenvalue weighted by molar-refractivity contribution is -0.274. The summed E-state index contributed by atoms with van der Waals surface area (Å²) >= 11 is 0. The van der Waals surface area contributed by atoms with Crippen LogP contribution in [0.25, 0.3) is 22.8 Å².